The first-order valence-electron chi connectivity index (χ1n) is 9.93. The molecule has 1 aliphatic heterocycles. The van der Waals surface area contributed by atoms with Crippen molar-refractivity contribution in [3.05, 3.63) is 60.3 Å². The summed E-state index contributed by atoms with van der Waals surface area (Å²) in [6.07, 6.45) is 3.47. The molecule has 0 atom stereocenters. The predicted molar refractivity (Wildman–Crippen MR) is 109 cm³/mol. The number of aromatic nitrogens is 2. The molecule has 0 amide bonds. The number of hydrogen-bond donors (Lipinski definition) is 1. The van der Waals surface area contributed by atoms with Gasteiger partial charge in [0.1, 0.15) is 29.0 Å². The molecule has 4 heterocycles. The summed E-state index contributed by atoms with van der Waals surface area (Å²) in [6, 6.07) is 12.5. The van der Waals surface area contributed by atoms with Crippen LogP contribution in [0.25, 0.3) is 27.9 Å². The van der Waals surface area contributed by atoms with E-state index in [-0.39, 0.29) is 19.6 Å². The molecule has 1 aromatic carbocycles. The van der Waals surface area contributed by atoms with Gasteiger partial charge in [0, 0.05) is 37.3 Å². The molecule has 0 radical (unpaired) electrons. The highest BCUT2D eigenvalue weighted by molar-refractivity contribution is 5.80. The maximum Gasteiger partial charge on any atom is 0.261 e. The Morgan fingerprint density at radius 3 is 2.94 bits per heavy atom. The van der Waals surface area contributed by atoms with Crippen LogP contribution >= 0.6 is 0 Å². The highest BCUT2D eigenvalue weighted by Gasteiger charge is 2.37. The van der Waals surface area contributed by atoms with E-state index >= 15 is 0 Å². The van der Waals surface area contributed by atoms with E-state index in [0.29, 0.717) is 46.6 Å². The Balaban J connectivity index is 1.38. The molecule has 0 aliphatic carbocycles. The Kier molecular flexibility index (Phi) is 4.82. The summed E-state index contributed by atoms with van der Waals surface area (Å²) in [5, 5.41) is 13.8. The largest absolute Gasteiger partial charge is 0.492 e. The molecule has 31 heavy (non-hydrogen) atoms. The second kappa shape index (κ2) is 7.66. The normalized spacial score (nSPS) is 17.0. The molecule has 4 aromatic rings. The SMILES string of the molecule is ON=c1cc(-c2cc3cccn3cn2)oc2ccc(OCCN3CCC(F)(F)C3)cc12. The van der Waals surface area contributed by atoms with Crippen molar-refractivity contribution in [3.63, 3.8) is 0 Å². The Labute approximate surface area is 175 Å². The minimum Gasteiger partial charge on any atom is -0.492 e. The Morgan fingerprint density at radius 2 is 2.13 bits per heavy atom. The number of alkyl halides is 2. The Bertz CT molecular complexity index is 1320. The van der Waals surface area contributed by atoms with Gasteiger partial charge in [-0.2, -0.15) is 0 Å². The van der Waals surface area contributed by atoms with Crippen molar-refractivity contribution < 1.29 is 23.1 Å². The molecule has 7 nitrogen and oxygen atoms in total. The third-order valence-corrected chi connectivity index (χ3v) is 5.42. The fourth-order valence-electron chi connectivity index (χ4n) is 3.81. The summed E-state index contributed by atoms with van der Waals surface area (Å²) in [5.74, 6) is -1.60. The highest BCUT2D eigenvalue weighted by Crippen LogP contribution is 2.27. The minimum atomic E-state index is -2.61. The molecule has 160 valence electrons. The van der Waals surface area contributed by atoms with Gasteiger partial charge in [0.15, 0.2) is 5.76 Å². The van der Waals surface area contributed by atoms with Gasteiger partial charge in [0.25, 0.3) is 5.92 Å². The first-order valence-corrected chi connectivity index (χ1v) is 9.93. The van der Waals surface area contributed by atoms with Crippen LogP contribution < -0.4 is 10.1 Å². The first-order chi connectivity index (χ1) is 15.0. The number of likely N-dealkylation sites (tertiary alicyclic amines) is 1. The fourth-order valence-corrected chi connectivity index (χ4v) is 3.81. The first kappa shape index (κ1) is 19.5. The van der Waals surface area contributed by atoms with Gasteiger partial charge in [-0.15, -0.1) is 0 Å². The van der Waals surface area contributed by atoms with Gasteiger partial charge in [-0.25, -0.2) is 13.8 Å². The molecule has 1 fully saturated rings. The zero-order valence-corrected chi connectivity index (χ0v) is 16.5. The van der Waals surface area contributed by atoms with Crippen molar-refractivity contribution in [3.8, 4) is 17.2 Å². The van der Waals surface area contributed by atoms with Gasteiger partial charge >= 0.3 is 0 Å². The molecule has 1 saturated heterocycles. The molecule has 3 aromatic heterocycles. The van der Waals surface area contributed by atoms with Gasteiger partial charge in [0.05, 0.1) is 18.3 Å². The van der Waals surface area contributed by atoms with E-state index in [4.69, 9.17) is 9.15 Å². The van der Waals surface area contributed by atoms with Gasteiger partial charge in [-0.3, -0.25) is 4.90 Å². The number of benzene rings is 1. The van der Waals surface area contributed by atoms with E-state index in [0.717, 1.165) is 5.52 Å². The van der Waals surface area contributed by atoms with Crippen molar-refractivity contribution in [1.29, 1.82) is 0 Å². The summed E-state index contributed by atoms with van der Waals surface area (Å²) in [7, 11) is 0. The summed E-state index contributed by atoms with van der Waals surface area (Å²) >= 11 is 0. The predicted octanol–water partition coefficient (Wildman–Crippen LogP) is 3.76. The highest BCUT2D eigenvalue weighted by atomic mass is 19.3. The molecule has 0 bridgehead atoms. The molecule has 0 saturated carbocycles. The molecule has 5 rings (SSSR count). The molecule has 1 N–H and O–H groups in total. The lowest BCUT2D eigenvalue weighted by molar-refractivity contribution is 0.0113. The third-order valence-electron chi connectivity index (χ3n) is 5.42. The van der Waals surface area contributed by atoms with Crippen molar-refractivity contribution in [2.45, 2.75) is 12.3 Å². The van der Waals surface area contributed by atoms with E-state index in [9.17, 15) is 14.0 Å². The zero-order chi connectivity index (χ0) is 21.4. The molecule has 1 aliphatic rings. The lowest BCUT2D eigenvalue weighted by Gasteiger charge is -2.16. The number of halogens is 2. The summed E-state index contributed by atoms with van der Waals surface area (Å²) < 4.78 is 40.2. The summed E-state index contributed by atoms with van der Waals surface area (Å²) in [5.41, 5.74) is 2.08. The van der Waals surface area contributed by atoms with Crippen LogP contribution in [-0.4, -0.2) is 51.7 Å². The second-order valence-electron chi connectivity index (χ2n) is 7.60. The number of hydrogen-bond acceptors (Lipinski definition) is 6. The lowest BCUT2D eigenvalue weighted by Crippen LogP contribution is -2.29. The van der Waals surface area contributed by atoms with E-state index < -0.39 is 5.92 Å². The van der Waals surface area contributed by atoms with Crippen molar-refractivity contribution in [2.24, 2.45) is 5.16 Å². The van der Waals surface area contributed by atoms with Crippen LogP contribution in [-0.2, 0) is 0 Å². The maximum atomic E-state index is 13.3. The maximum absolute atomic E-state index is 13.3. The average Bonchev–Trinajstić information content (AvgIpc) is 3.38. The van der Waals surface area contributed by atoms with Crippen LogP contribution in [0.15, 0.2) is 64.6 Å². The summed E-state index contributed by atoms with van der Waals surface area (Å²) in [4.78, 5) is 6.09. The molecule has 0 spiro atoms. The smallest absolute Gasteiger partial charge is 0.261 e. The molecule has 9 heteroatoms. The quantitative estimate of drug-likeness (QED) is 0.389. The Hall–Kier alpha value is -3.46. The van der Waals surface area contributed by atoms with Crippen LogP contribution in [0.1, 0.15) is 6.42 Å². The average molecular weight is 426 g/mol. The topological polar surface area (TPSA) is 75.5 Å². The van der Waals surface area contributed by atoms with Gasteiger partial charge in [-0.1, -0.05) is 5.16 Å². The van der Waals surface area contributed by atoms with E-state index in [2.05, 4.69) is 10.1 Å². The fraction of sp³-hybridized carbons (Fsp3) is 0.273. The van der Waals surface area contributed by atoms with Crippen LogP contribution in [0.2, 0.25) is 0 Å². The van der Waals surface area contributed by atoms with E-state index in [1.807, 2.05) is 28.8 Å². The molecular formula is C22H20F2N4O3. The van der Waals surface area contributed by atoms with E-state index in [1.54, 1.807) is 35.5 Å². The van der Waals surface area contributed by atoms with Crippen LogP contribution in [0.3, 0.4) is 0 Å². The monoisotopic (exact) mass is 426 g/mol. The van der Waals surface area contributed by atoms with E-state index in [1.165, 1.54) is 0 Å². The van der Waals surface area contributed by atoms with Crippen LogP contribution in [0.4, 0.5) is 8.78 Å². The van der Waals surface area contributed by atoms with Gasteiger partial charge < -0.3 is 18.8 Å². The van der Waals surface area contributed by atoms with Crippen molar-refractivity contribution in [1.82, 2.24) is 14.3 Å². The standard InChI is InChI=1S/C22H20F2N4O3/c23-22(24)5-7-27(13-22)8-9-30-16-3-4-20-17(11-16)18(26-29)12-21(31-20)19-10-15-2-1-6-28(15)14-25-19/h1-4,6,10-12,14,29H,5,7-9,13H2. The molecular weight excluding hydrogens is 406 g/mol. The Morgan fingerprint density at radius 1 is 1.23 bits per heavy atom. The second-order valence-corrected chi connectivity index (χ2v) is 7.60. The lowest BCUT2D eigenvalue weighted by atomic mass is 10.2. The number of ether oxygens (including phenoxy) is 1. The number of nitrogens with zero attached hydrogens (tertiary/aromatic N) is 4. The molecule has 0 unspecified atom stereocenters. The summed E-state index contributed by atoms with van der Waals surface area (Å²) in [6.45, 7) is 0.838. The van der Waals surface area contributed by atoms with Crippen molar-refractivity contribution >= 4 is 16.5 Å². The third kappa shape index (κ3) is 3.96. The van der Waals surface area contributed by atoms with Crippen LogP contribution in [0, 0.1) is 0 Å². The minimum absolute atomic E-state index is 0.111. The van der Waals surface area contributed by atoms with Gasteiger partial charge in [-0.05, 0) is 36.4 Å². The zero-order valence-electron chi connectivity index (χ0n) is 16.5. The van der Waals surface area contributed by atoms with Gasteiger partial charge in [0.2, 0.25) is 0 Å². The van der Waals surface area contributed by atoms with Crippen molar-refractivity contribution in [2.75, 3.05) is 26.2 Å². The van der Waals surface area contributed by atoms with Crippen LogP contribution in [0.5, 0.6) is 5.75 Å². The number of rotatable bonds is 5. The number of fused-ring (bicyclic) bond motifs is 2.